The normalized spacial score (nSPS) is 10.7. The van der Waals surface area contributed by atoms with Gasteiger partial charge < -0.3 is 9.84 Å². The first-order valence-electron chi connectivity index (χ1n) is 6.96. The summed E-state index contributed by atoms with van der Waals surface area (Å²) in [7, 11) is 0. The first-order chi connectivity index (χ1) is 11.0. The van der Waals surface area contributed by atoms with E-state index in [1.54, 1.807) is 36.4 Å². The van der Waals surface area contributed by atoms with Gasteiger partial charge in [0.2, 0.25) is 0 Å². The molecule has 2 rings (SSSR count). The fourth-order valence-corrected chi connectivity index (χ4v) is 1.96. The van der Waals surface area contributed by atoms with Crippen LogP contribution in [-0.4, -0.2) is 23.8 Å². The molecule has 0 fully saturated rings. The number of nitrogens with one attached hydrogen (secondary N) is 1. The third kappa shape index (κ3) is 5.00. The highest BCUT2D eigenvalue weighted by Gasteiger charge is 2.03. The van der Waals surface area contributed by atoms with E-state index in [4.69, 9.17) is 16.3 Å². The summed E-state index contributed by atoms with van der Waals surface area (Å²) in [6.45, 7) is 3.59. The predicted octanol–water partition coefficient (Wildman–Crippen LogP) is 3.19. The Bertz CT molecular complexity index is 745. The van der Waals surface area contributed by atoms with Crippen LogP contribution >= 0.6 is 11.6 Å². The summed E-state index contributed by atoms with van der Waals surface area (Å²) in [5.74, 6) is 0.254. The average Bonchev–Trinajstić information content (AvgIpc) is 2.52. The first kappa shape index (κ1) is 16.8. The molecule has 0 aliphatic carbocycles. The van der Waals surface area contributed by atoms with Gasteiger partial charge in [-0.05, 0) is 49.7 Å². The molecule has 0 unspecified atom stereocenters. The van der Waals surface area contributed by atoms with Crippen molar-refractivity contribution in [2.45, 2.75) is 13.8 Å². The van der Waals surface area contributed by atoms with E-state index in [1.165, 1.54) is 6.21 Å². The maximum absolute atomic E-state index is 11.7. The lowest BCUT2D eigenvalue weighted by Crippen LogP contribution is -2.24. The van der Waals surface area contributed by atoms with Crippen molar-refractivity contribution in [3.05, 3.63) is 58.1 Å². The smallest absolute Gasteiger partial charge is 0.277 e. The Morgan fingerprint density at radius 3 is 2.83 bits per heavy atom. The minimum absolute atomic E-state index is 0.0986. The standard InChI is InChI=1S/C17H17ClN2O3/c1-11-3-6-16(21)13(7-11)9-19-20-17(22)10-23-14-4-5-15(18)12(2)8-14/h3-9,21H,10H2,1-2H3,(H,20,22). The summed E-state index contributed by atoms with van der Waals surface area (Å²) in [4.78, 5) is 11.7. The lowest BCUT2D eigenvalue weighted by Gasteiger charge is -2.06. The Hall–Kier alpha value is -2.53. The lowest BCUT2D eigenvalue weighted by atomic mass is 10.1. The first-order valence-corrected chi connectivity index (χ1v) is 7.34. The van der Waals surface area contributed by atoms with Crippen LogP contribution in [-0.2, 0) is 4.79 Å². The number of hydrogen-bond donors (Lipinski definition) is 2. The minimum Gasteiger partial charge on any atom is -0.507 e. The van der Waals surface area contributed by atoms with Gasteiger partial charge in [-0.25, -0.2) is 5.43 Å². The molecule has 0 atom stereocenters. The van der Waals surface area contributed by atoms with Crippen molar-refractivity contribution in [1.29, 1.82) is 0 Å². The number of carbonyl (C=O) groups is 1. The van der Waals surface area contributed by atoms with Crippen LogP contribution in [0.4, 0.5) is 0 Å². The molecule has 6 heteroatoms. The van der Waals surface area contributed by atoms with Crippen LogP contribution in [0.2, 0.25) is 5.02 Å². The summed E-state index contributed by atoms with van der Waals surface area (Å²) >= 11 is 5.92. The van der Waals surface area contributed by atoms with Crippen LogP contribution < -0.4 is 10.2 Å². The molecule has 2 N–H and O–H groups in total. The second-order valence-corrected chi connectivity index (χ2v) is 5.46. The summed E-state index contributed by atoms with van der Waals surface area (Å²) in [6.07, 6.45) is 1.38. The number of hydrogen-bond acceptors (Lipinski definition) is 4. The number of rotatable bonds is 5. The number of phenolic OH excluding ortho intramolecular Hbond substituents is 1. The maximum Gasteiger partial charge on any atom is 0.277 e. The molecule has 1 amide bonds. The number of benzene rings is 2. The number of aryl methyl sites for hydroxylation is 2. The Balaban J connectivity index is 1.86. The molecule has 0 bridgehead atoms. The Morgan fingerprint density at radius 2 is 2.09 bits per heavy atom. The molecule has 5 nitrogen and oxygen atoms in total. The Morgan fingerprint density at radius 1 is 1.30 bits per heavy atom. The van der Waals surface area contributed by atoms with E-state index in [-0.39, 0.29) is 12.4 Å². The fraction of sp³-hybridized carbons (Fsp3) is 0.176. The molecular formula is C17H17ClN2O3. The second-order valence-electron chi connectivity index (χ2n) is 5.06. The van der Waals surface area contributed by atoms with E-state index in [2.05, 4.69) is 10.5 Å². The van der Waals surface area contributed by atoms with Crippen molar-refractivity contribution < 1.29 is 14.6 Å². The van der Waals surface area contributed by atoms with Crippen LogP contribution in [0.3, 0.4) is 0 Å². The van der Waals surface area contributed by atoms with Crippen LogP contribution in [0, 0.1) is 13.8 Å². The molecule has 0 heterocycles. The van der Waals surface area contributed by atoms with Crippen molar-refractivity contribution >= 4 is 23.7 Å². The third-order valence-corrected chi connectivity index (χ3v) is 3.50. The summed E-state index contributed by atoms with van der Waals surface area (Å²) in [6, 6.07) is 10.3. The number of halogens is 1. The molecule has 0 radical (unpaired) electrons. The summed E-state index contributed by atoms with van der Waals surface area (Å²) < 4.78 is 5.36. The maximum atomic E-state index is 11.7. The van der Waals surface area contributed by atoms with E-state index in [0.717, 1.165) is 11.1 Å². The fourth-order valence-electron chi connectivity index (χ4n) is 1.84. The van der Waals surface area contributed by atoms with Gasteiger partial charge in [0.25, 0.3) is 5.91 Å². The Labute approximate surface area is 139 Å². The van der Waals surface area contributed by atoms with Gasteiger partial charge in [0.1, 0.15) is 11.5 Å². The van der Waals surface area contributed by atoms with Gasteiger partial charge in [-0.1, -0.05) is 23.2 Å². The number of nitrogens with zero attached hydrogens (tertiary/aromatic N) is 1. The van der Waals surface area contributed by atoms with Crippen molar-refractivity contribution in [2.24, 2.45) is 5.10 Å². The zero-order valence-corrected chi connectivity index (χ0v) is 13.6. The van der Waals surface area contributed by atoms with Gasteiger partial charge in [0.15, 0.2) is 6.61 Å². The number of hydrazone groups is 1. The van der Waals surface area contributed by atoms with Gasteiger partial charge in [-0.2, -0.15) is 5.10 Å². The quantitative estimate of drug-likeness (QED) is 0.652. The van der Waals surface area contributed by atoms with E-state index in [1.807, 2.05) is 13.8 Å². The SMILES string of the molecule is Cc1ccc(O)c(C=NNC(=O)COc2ccc(Cl)c(C)c2)c1. The van der Waals surface area contributed by atoms with Crippen molar-refractivity contribution in [1.82, 2.24) is 5.43 Å². The van der Waals surface area contributed by atoms with Crippen molar-refractivity contribution in [3.63, 3.8) is 0 Å². The summed E-state index contributed by atoms with van der Waals surface area (Å²) in [5, 5.41) is 14.1. The highest BCUT2D eigenvalue weighted by molar-refractivity contribution is 6.31. The van der Waals surface area contributed by atoms with Crippen LogP contribution in [0.5, 0.6) is 11.5 Å². The van der Waals surface area contributed by atoms with Crippen LogP contribution in [0.15, 0.2) is 41.5 Å². The number of aromatic hydroxyl groups is 1. The summed E-state index contributed by atoms with van der Waals surface area (Å²) in [5.41, 5.74) is 4.73. The van der Waals surface area contributed by atoms with E-state index < -0.39 is 5.91 Å². The average molecular weight is 333 g/mol. The van der Waals surface area contributed by atoms with Gasteiger partial charge >= 0.3 is 0 Å². The molecule has 0 aliphatic rings. The number of ether oxygens (including phenoxy) is 1. The van der Waals surface area contributed by atoms with Gasteiger partial charge in [-0.3, -0.25) is 4.79 Å². The minimum atomic E-state index is -0.402. The van der Waals surface area contributed by atoms with Crippen molar-refractivity contribution in [3.8, 4) is 11.5 Å². The number of phenols is 1. The number of amides is 1. The highest BCUT2D eigenvalue weighted by atomic mass is 35.5. The predicted molar refractivity (Wildman–Crippen MR) is 90.3 cm³/mol. The largest absolute Gasteiger partial charge is 0.507 e. The van der Waals surface area contributed by atoms with E-state index >= 15 is 0 Å². The lowest BCUT2D eigenvalue weighted by molar-refractivity contribution is -0.123. The van der Waals surface area contributed by atoms with E-state index in [0.29, 0.717) is 16.3 Å². The molecule has 120 valence electrons. The third-order valence-electron chi connectivity index (χ3n) is 3.08. The molecule has 23 heavy (non-hydrogen) atoms. The Kier molecular flexibility index (Phi) is 5.60. The van der Waals surface area contributed by atoms with Gasteiger partial charge in [0, 0.05) is 10.6 Å². The van der Waals surface area contributed by atoms with Gasteiger partial charge in [0.05, 0.1) is 6.21 Å². The molecule has 0 spiro atoms. The van der Waals surface area contributed by atoms with E-state index in [9.17, 15) is 9.90 Å². The molecule has 0 aliphatic heterocycles. The molecule has 0 aromatic heterocycles. The zero-order chi connectivity index (χ0) is 16.8. The van der Waals surface area contributed by atoms with Crippen LogP contribution in [0.1, 0.15) is 16.7 Å². The highest BCUT2D eigenvalue weighted by Crippen LogP contribution is 2.20. The second kappa shape index (κ2) is 7.65. The monoisotopic (exact) mass is 332 g/mol. The van der Waals surface area contributed by atoms with Crippen LogP contribution in [0.25, 0.3) is 0 Å². The topological polar surface area (TPSA) is 70.9 Å². The van der Waals surface area contributed by atoms with Crippen molar-refractivity contribution in [2.75, 3.05) is 6.61 Å². The molecule has 2 aromatic rings. The molecule has 0 saturated carbocycles. The molecule has 2 aromatic carbocycles. The molecular weight excluding hydrogens is 316 g/mol. The van der Waals surface area contributed by atoms with Gasteiger partial charge in [-0.15, -0.1) is 0 Å². The molecule has 0 saturated heterocycles. The number of carbonyl (C=O) groups excluding carboxylic acids is 1. The zero-order valence-electron chi connectivity index (χ0n) is 12.8.